The zero-order valence-electron chi connectivity index (χ0n) is 22.1. The van der Waals surface area contributed by atoms with Gasteiger partial charge >= 0.3 is 0 Å². The first-order valence-electron chi connectivity index (χ1n) is 12.9. The van der Waals surface area contributed by atoms with E-state index in [1.807, 2.05) is 23.1 Å². The molecule has 2 aliphatic heterocycles. The van der Waals surface area contributed by atoms with Gasteiger partial charge in [-0.25, -0.2) is 4.39 Å². The van der Waals surface area contributed by atoms with Crippen molar-refractivity contribution in [3.8, 4) is 11.5 Å². The minimum Gasteiger partial charge on any atom is -0.493 e. The number of methoxy groups -OCH3 is 2. The summed E-state index contributed by atoms with van der Waals surface area (Å²) in [6.07, 6.45) is 3.10. The van der Waals surface area contributed by atoms with Crippen molar-refractivity contribution in [1.29, 1.82) is 0 Å². The molecule has 2 saturated heterocycles. The summed E-state index contributed by atoms with van der Waals surface area (Å²) in [4.78, 5) is 17.7. The highest BCUT2D eigenvalue weighted by molar-refractivity contribution is 7.80. The number of thiocarbonyl (C=S) groups is 1. The number of nitrogens with one attached hydrogen (secondary N) is 2. The molecule has 37 heavy (non-hydrogen) atoms. The molecule has 1 spiro atoms. The zero-order valence-corrected chi connectivity index (χ0v) is 22.9. The molecule has 0 unspecified atom stereocenters. The van der Waals surface area contributed by atoms with Crippen molar-refractivity contribution in [1.82, 2.24) is 15.1 Å². The molecule has 2 atom stereocenters. The fourth-order valence-corrected chi connectivity index (χ4v) is 5.57. The van der Waals surface area contributed by atoms with E-state index in [2.05, 4.69) is 29.4 Å². The number of piperidine rings is 1. The van der Waals surface area contributed by atoms with Crippen molar-refractivity contribution >= 4 is 28.9 Å². The molecular formula is C28H37FN4O3S. The Kier molecular flexibility index (Phi) is 8.54. The van der Waals surface area contributed by atoms with Crippen LogP contribution in [0.1, 0.15) is 38.7 Å². The second-order valence-electron chi connectivity index (χ2n) is 9.87. The normalized spacial score (nSPS) is 19.7. The molecule has 2 N–H and O–H groups in total. The quantitative estimate of drug-likeness (QED) is 0.492. The fraction of sp³-hybridized carbons (Fsp3) is 0.500. The van der Waals surface area contributed by atoms with E-state index >= 15 is 0 Å². The van der Waals surface area contributed by atoms with Gasteiger partial charge in [-0.2, -0.15) is 0 Å². The predicted molar refractivity (Wildman–Crippen MR) is 148 cm³/mol. The van der Waals surface area contributed by atoms with Gasteiger partial charge in [0.2, 0.25) is 5.91 Å². The summed E-state index contributed by atoms with van der Waals surface area (Å²) in [6, 6.07) is 12.2. The van der Waals surface area contributed by atoms with Crippen molar-refractivity contribution in [3.63, 3.8) is 0 Å². The van der Waals surface area contributed by atoms with Crippen LogP contribution in [0.2, 0.25) is 0 Å². The first-order valence-corrected chi connectivity index (χ1v) is 13.3. The molecule has 0 saturated carbocycles. The van der Waals surface area contributed by atoms with Crippen LogP contribution in [-0.4, -0.2) is 66.4 Å². The molecule has 0 aromatic heterocycles. The van der Waals surface area contributed by atoms with Gasteiger partial charge in [0, 0.05) is 32.5 Å². The van der Waals surface area contributed by atoms with Gasteiger partial charge in [-0.1, -0.05) is 38.5 Å². The van der Waals surface area contributed by atoms with Crippen LogP contribution >= 0.6 is 12.2 Å². The third kappa shape index (κ3) is 5.67. The zero-order chi connectivity index (χ0) is 26.6. The van der Waals surface area contributed by atoms with Crippen LogP contribution in [0.5, 0.6) is 11.5 Å². The second-order valence-corrected chi connectivity index (χ2v) is 10.3. The van der Waals surface area contributed by atoms with Crippen molar-refractivity contribution in [3.05, 3.63) is 53.8 Å². The van der Waals surface area contributed by atoms with E-state index in [9.17, 15) is 9.18 Å². The number of rotatable bonds is 8. The van der Waals surface area contributed by atoms with Crippen molar-refractivity contribution in [2.45, 2.75) is 51.2 Å². The molecule has 1 amide bonds. The Morgan fingerprint density at radius 3 is 2.54 bits per heavy atom. The van der Waals surface area contributed by atoms with Crippen LogP contribution in [0.15, 0.2) is 42.5 Å². The standard InChI is InChI=1S/C28H37FN4O3S/c1-5-19(2)25-26(34)33(15-12-20-10-11-23(35-3)24(18-20)36-4)28(31-25)13-16-32(17-14-28)27(37)30-22-9-7-6-8-21(22)29/h6-11,18-19,25,31H,5,12-17H2,1-4H3,(H,30,37)/t19-,25-/m0/s1. The Morgan fingerprint density at radius 2 is 1.89 bits per heavy atom. The van der Waals surface area contributed by atoms with Crippen LogP contribution < -0.4 is 20.1 Å². The van der Waals surface area contributed by atoms with E-state index < -0.39 is 5.66 Å². The minimum atomic E-state index is -0.425. The van der Waals surface area contributed by atoms with E-state index in [0.29, 0.717) is 48.4 Å². The average Bonchev–Trinajstić information content (AvgIpc) is 3.18. The monoisotopic (exact) mass is 528 g/mol. The Balaban J connectivity index is 1.47. The van der Waals surface area contributed by atoms with E-state index in [-0.39, 0.29) is 23.7 Å². The number of hydrogen-bond donors (Lipinski definition) is 2. The van der Waals surface area contributed by atoms with Gasteiger partial charge in [0.1, 0.15) is 5.82 Å². The molecular weight excluding hydrogens is 491 g/mol. The van der Waals surface area contributed by atoms with Gasteiger partial charge in [0.05, 0.1) is 31.6 Å². The maximum absolute atomic E-state index is 14.1. The van der Waals surface area contributed by atoms with Gasteiger partial charge in [-0.05, 0) is 54.4 Å². The summed E-state index contributed by atoms with van der Waals surface area (Å²) < 4.78 is 24.9. The highest BCUT2D eigenvalue weighted by atomic mass is 32.1. The third-order valence-corrected chi connectivity index (χ3v) is 8.11. The number of hydrogen-bond acceptors (Lipinski definition) is 5. The Labute approximate surface area is 224 Å². The lowest BCUT2D eigenvalue weighted by Crippen LogP contribution is -2.60. The van der Waals surface area contributed by atoms with Gasteiger partial charge in [0.15, 0.2) is 16.6 Å². The second kappa shape index (κ2) is 11.6. The molecule has 0 aliphatic carbocycles. The first kappa shape index (κ1) is 27.1. The molecule has 2 aromatic rings. The average molecular weight is 529 g/mol. The molecule has 2 heterocycles. The highest BCUT2D eigenvalue weighted by Crippen LogP contribution is 2.36. The van der Waals surface area contributed by atoms with E-state index in [0.717, 1.165) is 24.8 Å². The largest absolute Gasteiger partial charge is 0.493 e. The predicted octanol–water partition coefficient (Wildman–Crippen LogP) is 4.42. The third-order valence-electron chi connectivity index (χ3n) is 7.75. The number of halogens is 1. The van der Waals surface area contributed by atoms with Gasteiger partial charge in [0.25, 0.3) is 0 Å². The van der Waals surface area contributed by atoms with Crippen molar-refractivity contribution < 1.29 is 18.7 Å². The van der Waals surface area contributed by atoms with Crippen LogP contribution in [0.3, 0.4) is 0 Å². The lowest BCUT2D eigenvalue weighted by atomic mass is 9.95. The van der Waals surface area contributed by atoms with E-state index in [1.54, 1.807) is 32.4 Å². The molecule has 7 nitrogen and oxygen atoms in total. The number of carbonyl (C=O) groups is 1. The maximum Gasteiger partial charge on any atom is 0.241 e. The molecule has 4 rings (SSSR count). The van der Waals surface area contributed by atoms with Gasteiger partial charge in [-0.3, -0.25) is 10.1 Å². The van der Waals surface area contributed by atoms with Crippen LogP contribution in [0, 0.1) is 11.7 Å². The minimum absolute atomic E-state index is 0.162. The lowest BCUT2D eigenvalue weighted by Gasteiger charge is -2.45. The molecule has 2 aliphatic rings. The van der Waals surface area contributed by atoms with Crippen molar-refractivity contribution in [2.24, 2.45) is 5.92 Å². The maximum atomic E-state index is 14.1. The van der Waals surface area contributed by atoms with Gasteiger partial charge < -0.3 is 24.6 Å². The molecule has 2 fully saturated rings. The number of ether oxygens (including phenoxy) is 2. The summed E-state index contributed by atoms with van der Waals surface area (Å²) in [6.45, 7) is 6.19. The molecule has 200 valence electrons. The van der Waals surface area contributed by atoms with Crippen LogP contribution in [-0.2, 0) is 11.2 Å². The summed E-state index contributed by atoms with van der Waals surface area (Å²) in [7, 11) is 3.25. The lowest BCUT2D eigenvalue weighted by molar-refractivity contribution is -0.133. The number of para-hydroxylation sites is 1. The Morgan fingerprint density at radius 1 is 1.19 bits per heavy atom. The van der Waals surface area contributed by atoms with E-state index in [4.69, 9.17) is 21.7 Å². The Bertz CT molecular complexity index is 1120. The number of carbonyl (C=O) groups excluding carboxylic acids is 1. The highest BCUT2D eigenvalue weighted by Gasteiger charge is 2.52. The summed E-state index contributed by atoms with van der Waals surface area (Å²) in [5.41, 5.74) is 1.03. The van der Waals surface area contributed by atoms with Crippen molar-refractivity contribution in [2.75, 3.05) is 39.2 Å². The number of nitrogens with zero attached hydrogens (tertiary/aromatic N) is 2. The number of amides is 1. The van der Waals surface area contributed by atoms with Crippen LogP contribution in [0.25, 0.3) is 0 Å². The van der Waals surface area contributed by atoms with Gasteiger partial charge in [-0.15, -0.1) is 0 Å². The summed E-state index contributed by atoms with van der Waals surface area (Å²) in [5.74, 6) is 1.43. The molecule has 0 bridgehead atoms. The first-order chi connectivity index (χ1) is 17.8. The Hall–Kier alpha value is -2.91. The van der Waals surface area contributed by atoms with Crippen LogP contribution in [0.4, 0.5) is 10.1 Å². The number of likely N-dealkylation sites (tertiary alicyclic amines) is 1. The molecule has 2 aromatic carbocycles. The smallest absolute Gasteiger partial charge is 0.241 e. The SMILES string of the molecule is CC[C@H](C)[C@@H]1NC2(CCN(C(=S)Nc3ccccc3F)CC2)N(CCc2ccc(OC)c(OC)c2)C1=O. The van der Waals surface area contributed by atoms with E-state index in [1.165, 1.54) is 6.07 Å². The summed E-state index contributed by atoms with van der Waals surface area (Å²) in [5, 5.41) is 7.27. The molecule has 9 heteroatoms. The topological polar surface area (TPSA) is 66.1 Å². The number of anilines is 1. The fourth-order valence-electron chi connectivity index (χ4n) is 5.28. The summed E-state index contributed by atoms with van der Waals surface area (Å²) >= 11 is 5.60. The number of benzene rings is 2. The molecule has 0 radical (unpaired) electrons.